The molecule has 0 atom stereocenters. The summed E-state index contributed by atoms with van der Waals surface area (Å²) in [5, 5.41) is 8.96. The van der Waals surface area contributed by atoms with Gasteiger partial charge in [-0.25, -0.2) is 9.78 Å². The predicted octanol–water partition coefficient (Wildman–Crippen LogP) is 2.14. The molecule has 19 heavy (non-hydrogen) atoms. The largest absolute Gasteiger partial charge is 0.484 e. The zero-order chi connectivity index (χ0) is 13.8. The summed E-state index contributed by atoms with van der Waals surface area (Å²) >= 11 is 0. The van der Waals surface area contributed by atoms with E-state index in [2.05, 4.69) is 9.97 Å². The maximum Gasteiger partial charge on any atom is 0.356 e. The summed E-state index contributed by atoms with van der Waals surface area (Å²) in [6.45, 7) is 4.12. The van der Waals surface area contributed by atoms with Crippen LogP contribution in [0.15, 0.2) is 30.7 Å². The van der Waals surface area contributed by atoms with E-state index in [0.29, 0.717) is 11.6 Å². The van der Waals surface area contributed by atoms with Crippen molar-refractivity contribution in [2.75, 3.05) is 0 Å². The molecule has 1 N–H and O–H groups in total. The molecule has 2 aromatic heterocycles. The maximum atomic E-state index is 10.9. The van der Waals surface area contributed by atoms with E-state index in [4.69, 9.17) is 9.84 Å². The van der Waals surface area contributed by atoms with Gasteiger partial charge in [-0.1, -0.05) is 0 Å². The maximum absolute atomic E-state index is 10.9. The number of nitrogens with zero attached hydrogens (tertiary/aromatic N) is 3. The molecule has 2 rings (SSSR count). The van der Waals surface area contributed by atoms with Gasteiger partial charge in [0.25, 0.3) is 0 Å². The summed E-state index contributed by atoms with van der Waals surface area (Å²) in [6.07, 6.45) is 4.78. The van der Waals surface area contributed by atoms with Gasteiger partial charge >= 0.3 is 5.97 Å². The molecule has 0 aliphatic heterocycles. The molecule has 0 spiro atoms. The van der Waals surface area contributed by atoms with Crippen LogP contribution in [0.1, 0.15) is 36.2 Å². The molecular formula is C13H15N3O3. The Kier molecular flexibility index (Phi) is 3.79. The number of ether oxygens (including phenoxy) is 1. The van der Waals surface area contributed by atoms with Crippen LogP contribution in [0.5, 0.6) is 5.75 Å². The van der Waals surface area contributed by atoms with Crippen molar-refractivity contribution in [2.24, 2.45) is 0 Å². The van der Waals surface area contributed by atoms with Crippen molar-refractivity contribution in [1.29, 1.82) is 0 Å². The zero-order valence-corrected chi connectivity index (χ0v) is 10.8. The van der Waals surface area contributed by atoms with Crippen LogP contribution in [-0.4, -0.2) is 25.6 Å². The Labute approximate surface area is 110 Å². The van der Waals surface area contributed by atoms with Crippen LogP contribution in [0.2, 0.25) is 0 Å². The lowest BCUT2D eigenvalue weighted by Gasteiger charge is -2.11. The highest BCUT2D eigenvalue weighted by molar-refractivity contribution is 5.85. The second-order valence-corrected chi connectivity index (χ2v) is 4.33. The van der Waals surface area contributed by atoms with Crippen molar-refractivity contribution in [2.45, 2.75) is 26.5 Å². The fourth-order valence-electron chi connectivity index (χ4n) is 1.67. The highest BCUT2D eigenvalue weighted by Crippen LogP contribution is 2.14. The normalized spacial score (nSPS) is 10.7. The van der Waals surface area contributed by atoms with E-state index in [1.54, 1.807) is 29.1 Å². The van der Waals surface area contributed by atoms with Gasteiger partial charge in [-0.2, -0.15) is 0 Å². The molecule has 0 bridgehead atoms. The average Bonchev–Trinajstić information content (AvgIpc) is 2.82. The summed E-state index contributed by atoms with van der Waals surface area (Å²) in [7, 11) is 0. The number of imidazole rings is 1. The molecule has 2 heterocycles. The Balaban J connectivity index is 2.17. The van der Waals surface area contributed by atoms with Crippen LogP contribution in [-0.2, 0) is 6.61 Å². The topological polar surface area (TPSA) is 77.2 Å². The van der Waals surface area contributed by atoms with Crippen LogP contribution >= 0.6 is 0 Å². The molecule has 0 amide bonds. The summed E-state index contributed by atoms with van der Waals surface area (Å²) < 4.78 is 7.33. The monoisotopic (exact) mass is 261 g/mol. The molecule has 0 saturated heterocycles. The number of hydrogen-bond donors (Lipinski definition) is 1. The van der Waals surface area contributed by atoms with Gasteiger partial charge in [0.15, 0.2) is 5.69 Å². The minimum atomic E-state index is -1.04. The zero-order valence-electron chi connectivity index (χ0n) is 10.8. The Morgan fingerprint density at radius 2 is 2.32 bits per heavy atom. The lowest BCUT2D eigenvalue weighted by molar-refractivity contribution is 0.0690. The first kappa shape index (κ1) is 13.1. The van der Waals surface area contributed by atoms with E-state index in [-0.39, 0.29) is 18.3 Å². The minimum absolute atomic E-state index is 0.0264. The fourth-order valence-corrected chi connectivity index (χ4v) is 1.67. The van der Waals surface area contributed by atoms with Crippen LogP contribution in [0, 0.1) is 0 Å². The molecule has 0 aliphatic carbocycles. The lowest BCUT2D eigenvalue weighted by atomic mass is 10.4. The van der Waals surface area contributed by atoms with E-state index in [1.807, 2.05) is 13.8 Å². The number of aromatic nitrogens is 3. The number of carboxylic acid groups (broad SMARTS) is 1. The molecule has 6 heteroatoms. The summed E-state index contributed by atoms with van der Waals surface area (Å²) in [6, 6.07) is 3.67. The van der Waals surface area contributed by atoms with E-state index in [9.17, 15) is 4.79 Å². The van der Waals surface area contributed by atoms with E-state index >= 15 is 0 Å². The van der Waals surface area contributed by atoms with Gasteiger partial charge in [0.05, 0.1) is 6.20 Å². The molecule has 0 unspecified atom stereocenters. The van der Waals surface area contributed by atoms with Crippen molar-refractivity contribution in [3.8, 4) is 5.75 Å². The first-order valence-corrected chi connectivity index (χ1v) is 5.92. The summed E-state index contributed by atoms with van der Waals surface area (Å²) in [5.74, 6) is 0.163. The second kappa shape index (κ2) is 5.51. The van der Waals surface area contributed by atoms with Crippen molar-refractivity contribution in [1.82, 2.24) is 14.5 Å². The first-order valence-electron chi connectivity index (χ1n) is 5.92. The Bertz CT molecular complexity index is 564. The van der Waals surface area contributed by atoms with Crippen LogP contribution < -0.4 is 4.74 Å². The van der Waals surface area contributed by atoms with Gasteiger partial charge in [0.2, 0.25) is 0 Å². The number of hydrogen-bond acceptors (Lipinski definition) is 4. The number of carboxylic acids is 1. The molecule has 100 valence electrons. The van der Waals surface area contributed by atoms with Gasteiger partial charge in [0.1, 0.15) is 18.2 Å². The van der Waals surface area contributed by atoms with Crippen LogP contribution in [0.4, 0.5) is 0 Å². The third kappa shape index (κ3) is 3.09. The van der Waals surface area contributed by atoms with E-state index in [0.717, 1.165) is 0 Å². The van der Waals surface area contributed by atoms with Crippen LogP contribution in [0.3, 0.4) is 0 Å². The number of pyridine rings is 1. The number of carbonyl (C=O) groups is 1. The number of aromatic carboxylic acids is 1. The smallest absolute Gasteiger partial charge is 0.356 e. The first-order chi connectivity index (χ1) is 9.08. The molecule has 0 aliphatic rings. The average molecular weight is 261 g/mol. The SMILES string of the molecule is CC(C)n1cc(C(=O)O)nc1COc1cccnc1. The van der Waals surface area contributed by atoms with Crippen molar-refractivity contribution < 1.29 is 14.6 Å². The molecule has 0 aromatic carbocycles. The van der Waals surface area contributed by atoms with Crippen molar-refractivity contribution in [3.63, 3.8) is 0 Å². The molecule has 6 nitrogen and oxygen atoms in total. The Hall–Kier alpha value is -2.37. The summed E-state index contributed by atoms with van der Waals surface area (Å²) in [4.78, 5) is 18.9. The third-order valence-corrected chi connectivity index (χ3v) is 2.59. The molecule has 0 saturated carbocycles. The minimum Gasteiger partial charge on any atom is -0.484 e. The third-order valence-electron chi connectivity index (χ3n) is 2.59. The van der Waals surface area contributed by atoms with E-state index in [1.165, 1.54) is 6.20 Å². The Morgan fingerprint density at radius 1 is 1.53 bits per heavy atom. The second-order valence-electron chi connectivity index (χ2n) is 4.33. The standard InChI is InChI=1S/C13H15N3O3/c1-9(2)16-7-11(13(17)18)15-12(16)8-19-10-4-3-5-14-6-10/h3-7,9H,8H2,1-2H3,(H,17,18). The molecular weight excluding hydrogens is 246 g/mol. The lowest BCUT2D eigenvalue weighted by Crippen LogP contribution is -2.08. The van der Waals surface area contributed by atoms with Gasteiger partial charge in [-0.3, -0.25) is 4.98 Å². The van der Waals surface area contributed by atoms with Gasteiger partial charge < -0.3 is 14.4 Å². The summed E-state index contributed by atoms with van der Waals surface area (Å²) in [5.41, 5.74) is 0.0264. The predicted molar refractivity (Wildman–Crippen MR) is 68.1 cm³/mol. The number of rotatable bonds is 5. The molecule has 0 fully saturated rings. The highest BCUT2D eigenvalue weighted by atomic mass is 16.5. The quantitative estimate of drug-likeness (QED) is 0.892. The van der Waals surface area contributed by atoms with Crippen molar-refractivity contribution >= 4 is 5.97 Å². The molecule has 0 radical (unpaired) electrons. The van der Waals surface area contributed by atoms with Gasteiger partial charge in [-0.05, 0) is 26.0 Å². The molecule has 2 aromatic rings. The van der Waals surface area contributed by atoms with E-state index < -0.39 is 5.97 Å². The van der Waals surface area contributed by atoms with Crippen molar-refractivity contribution in [3.05, 3.63) is 42.2 Å². The van der Waals surface area contributed by atoms with Crippen LogP contribution in [0.25, 0.3) is 0 Å². The fraction of sp³-hybridized carbons (Fsp3) is 0.308. The van der Waals surface area contributed by atoms with Gasteiger partial charge in [-0.15, -0.1) is 0 Å². The van der Waals surface area contributed by atoms with Gasteiger partial charge in [0, 0.05) is 18.4 Å². The Morgan fingerprint density at radius 3 is 2.89 bits per heavy atom. The highest BCUT2D eigenvalue weighted by Gasteiger charge is 2.15.